The first-order valence-electron chi connectivity index (χ1n) is 6.55. The lowest BCUT2D eigenvalue weighted by atomic mass is 9.93. The Morgan fingerprint density at radius 1 is 1.50 bits per heavy atom. The maximum atomic E-state index is 12.0. The summed E-state index contributed by atoms with van der Waals surface area (Å²) in [6.45, 7) is 3.37. The topological polar surface area (TPSA) is 66.8 Å². The van der Waals surface area contributed by atoms with Gasteiger partial charge >= 0.3 is 5.97 Å². The van der Waals surface area contributed by atoms with E-state index in [1.54, 1.807) is 7.11 Å². The lowest BCUT2D eigenvalue weighted by Gasteiger charge is -2.33. The third-order valence-electron chi connectivity index (χ3n) is 3.50. The van der Waals surface area contributed by atoms with Gasteiger partial charge in [0.25, 0.3) is 0 Å². The fourth-order valence-electron chi connectivity index (χ4n) is 2.31. The largest absolute Gasteiger partial charge is 0.481 e. The first-order valence-corrected chi connectivity index (χ1v) is 6.55. The average molecular weight is 257 g/mol. The van der Waals surface area contributed by atoms with Crippen LogP contribution in [0.2, 0.25) is 0 Å². The molecule has 0 aromatic carbocycles. The number of carbonyl (C=O) groups is 2. The molecule has 1 N–H and O–H groups in total. The number of ether oxygens (including phenoxy) is 1. The van der Waals surface area contributed by atoms with Gasteiger partial charge in [-0.2, -0.15) is 0 Å². The van der Waals surface area contributed by atoms with Crippen LogP contribution in [0, 0.1) is 5.92 Å². The minimum absolute atomic E-state index is 0.0584. The summed E-state index contributed by atoms with van der Waals surface area (Å²) in [6.07, 6.45) is 3.20. The number of hydrogen-bond donors (Lipinski definition) is 1. The molecule has 1 heterocycles. The summed E-state index contributed by atoms with van der Waals surface area (Å²) in [5.41, 5.74) is 0. The molecule has 0 radical (unpaired) electrons. The Balaban J connectivity index is 2.38. The number of carbonyl (C=O) groups excluding carboxylic acids is 1. The molecule has 5 heteroatoms. The number of amides is 1. The molecule has 5 nitrogen and oxygen atoms in total. The van der Waals surface area contributed by atoms with Crippen molar-refractivity contribution in [1.29, 1.82) is 0 Å². The Morgan fingerprint density at radius 2 is 2.22 bits per heavy atom. The van der Waals surface area contributed by atoms with Crippen LogP contribution in [0.15, 0.2) is 0 Å². The predicted octanol–water partition coefficient (Wildman–Crippen LogP) is 1.51. The highest BCUT2D eigenvalue weighted by Crippen LogP contribution is 2.21. The molecule has 0 bridgehead atoms. The first kappa shape index (κ1) is 15.0. The molecule has 1 aliphatic rings. The standard InChI is InChI=1S/C13H23NO4/c1-10(18-2)8-12(15)14-7-3-4-11(9-14)5-6-13(16)17/h10-11H,3-9H2,1-2H3,(H,16,17)/t10-,11+/m1/s1. The lowest BCUT2D eigenvalue weighted by Crippen LogP contribution is -2.41. The van der Waals surface area contributed by atoms with Crippen LogP contribution < -0.4 is 0 Å². The number of hydrogen-bond acceptors (Lipinski definition) is 3. The Bertz CT molecular complexity index is 293. The summed E-state index contributed by atoms with van der Waals surface area (Å²) >= 11 is 0. The Kier molecular flexibility index (Phi) is 6.12. The van der Waals surface area contributed by atoms with Crippen LogP contribution in [0.1, 0.15) is 39.0 Å². The van der Waals surface area contributed by atoms with Crippen molar-refractivity contribution in [2.75, 3.05) is 20.2 Å². The van der Waals surface area contributed by atoms with Gasteiger partial charge < -0.3 is 14.7 Å². The van der Waals surface area contributed by atoms with E-state index in [2.05, 4.69) is 0 Å². The molecule has 1 saturated heterocycles. The lowest BCUT2D eigenvalue weighted by molar-refractivity contribution is -0.137. The maximum absolute atomic E-state index is 12.0. The van der Waals surface area contributed by atoms with Gasteiger partial charge in [-0.25, -0.2) is 0 Å². The smallest absolute Gasteiger partial charge is 0.303 e. The predicted molar refractivity (Wildman–Crippen MR) is 67.3 cm³/mol. The molecule has 2 atom stereocenters. The number of carboxylic acid groups (broad SMARTS) is 1. The van der Waals surface area contributed by atoms with Crippen molar-refractivity contribution in [3.63, 3.8) is 0 Å². The summed E-state index contributed by atoms with van der Waals surface area (Å²) in [7, 11) is 1.60. The summed E-state index contributed by atoms with van der Waals surface area (Å²) in [5, 5.41) is 8.67. The number of aliphatic carboxylic acids is 1. The van der Waals surface area contributed by atoms with Crippen LogP contribution in [0.5, 0.6) is 0 Å². The van der Waals surface area contributed by atoms with Gasteiger partial charge in [-0.1, -0.05) is 0 Å². The van der Waals surface area contributed by atoms with Crippen molar-refractivity contribution in [1.82, 2.24) is 4.90 Å². The van der Waals surface area contributed by atoms with E-state index in [0.29, 0.717) is 25.3 Å². The second-order valence-electron chi connectivity index (χ2n) is 5.03. The molecule has 104 valence electrons. The van der Waals surface area contributed by atoms with Crippen LogP contribution in [0.3, 0.4) is 0 Å². The second-order valence-corrected chi connectivity index (χ2v) is 5.03. The van der Waals surface area contributed by atoms with Crippen LogP contribution in [0.4, 0.5) is 0 Å². The number of likely N-dealkylation sites (tertiary alicyclic amines) is 1. The summed E-state index contributed by atoms with van der Waals surface area (Å²) in [6, 6.07) is 0. The van der Waals surface area contributed by atoms with E-state index in [1.807, 2.05) is 11.8 Å². The number of rotatable bonds is 6. The fraction of sp³-hybridized carbons (Fsp3) is 0.846. The minimum Gasteiger partial charge on any atom is -0.481 e. The zero-order chi connectivity index (χ0) is 13.5. The van der Waals surface area contributed by atoms with Crippen molar-refractivity contribution in [3.8, 4) is 0 Å². The van der Waals surface area contributed by atoms with Crippen molar-refractivity contribution < 1.29 is 19.4 Å². The van der Waals surface area contributed by atoms with E-state index in [4.69, 9.17) is 9.84 Å². The highest BCUT2D eigenvalue weighted by Gasteiger charge is 2.24. The quantitative estimate of drug-likeness (QED) is 0.783. The zero-order valence-electron chi connectivity index (χ0n) is 11.2. The summed E-state index contributed by atoms with van der Waals surface area (Å²) < 4.78 is 5.09. The molecule has 0 spiro atoms. The molecular weight excluding hydrogens is 234 g/mol. The van der Waals surface area contributed by atoms with Crippen LogP contribution in [0.25, 0.3) is 0 Å². The van der Waals surface area contributed by atoms with E-state index in [1.165, 1.54) is 0 Å². The van der Waals surface area contributed by atoms with Gasteiger partial charge in [0.15, 0.2) is 0 Å². The molecule has 1 rings (SSSR count). The highest BCUT2D eigenvalue weighted by atomic mass is 16.5. The normalized spacial score (nSPS) is 21.7. The number of carboxylic acids is 1. The summed E-state index contributed by atoms with van der Waals surface area (Å²) in [5.74, 6) is -0.313. The van der Waals surface area contributed by atoms with Crippen molar-refractivity contribution in [2.24, 2.45) is 5.92 Å². The molecule has 1 aliphatic heterocycles. The van der Waals surface area contributed by atoms with Gasteiger partial charge in [-0.05, 0) is 32.1 Å². The Morgan fingerprint density at radius 3 is 2.83 bits per heavy atom. The molecule has 0 saturated carbocycles. The second kappa shape index (κ2) is 7.36. The minimum atomic E-state index is -0.758. The molecule has 1 amide bonds. The highest BCUT2D eigenvalue weighted by molar-refractivity contribution is 5.76. The first-order chi connectivity index (χ1) is 8.52. The van der Waals surface area contributed by atoms with Crippen LogP contribution >= 0.6 is 0 Å². The maximum Gasteiger partial charge on any atom is 0.303 e. The van der Waals surface area contributed by atoms with E-state index in [9.17, 15) is 9.59 Å². The van der Waals surface area contributed by atoms with E-state index < -0.39 is 5.97 Å². The van der Waals surface area contributed by atoms with Crippen LogP contribution in [-0.2, 0) is 14.3 Å². The Hall–Kier alpha value is -1.10. The van der Waals surface area contributed by atoms with Gasteiger partial charge in [-0.3, -0.25) is 9.59 Å². The fourth-order valence-corrected chi connectivity index (χ4v) is 2.31. The SMILES string of the molecule is CO[C@H](C)CC(=O)N1CCC[C@@H](CCC(=O)O)C1. The van der Waals surface area contributed by atoms with Crippen molar-refractivity contribution in [3.05, 3.63) is 0 Å². The number of piperidine rings is 1. The van der Waals surface area contributed by atoms with Gasteiger partial charge in [0, 0.05) is 26.6 Å². The molecule has 0 aliphatic carbocycles. The molecule has 1 fully saturated rings. The van der Waals surface area contributed by atoms with Crippen molar-refractivity contribution in [2.45, 2.75) is 45.1 Å². The summed E-state index contributed by atoms with van der Waals surface area (Å²) in [4.78, 5) is 24.4. The molecule has 18 heavy (non-hydrogen) atoms. The van der Waals surface area contributed by atoms with Gasteiger partial charge in [-0.15, -0.1) is 0 Å². The van der Waals surface area contributed by atoms with Crippen LogP contribution in [-0.4, -0.2) is 48.2 Å². The third-order valence-corrected chi connectivity index (χ3v) is 3.50. The zero-order valence-corrected chi connectivity index (χ0v) is 11.2. The monoisotopic (exact) mass is 257 g/mol. The molecule has 0 unspecified atom stereocenters. The molecule has 0 aromatic rings. The third kappa shape index (κ3) is 5.04. The Labute approximate surface area is 108 Å². The molecular formula is C13H23NO4. The number of nitrogens with zero attached hydrogens (tertiary/aromatic N) is 1. The van der Waals surface area contributed by atoms with Gasteiger partial charge in [0.2, 0.25) is 5.91 Å². The average Bonchev–Trinajstić information content (AvgIpc) is 2.36. The van der Waals surface area contributed by atoms with Gasteiger partial charge in [0.1, 0.15) is 0 Å². The van der Waals surface area contributed by atoms with Crippen molar-refractivity contribution >= 4 is 11.9 Å². The molecule has 0 aromatic heterocycles. The van der Waals surface area contributed by atoms with E-state index in [-0.39, 0.29) is 18.4 Å². The van der Waals surface area contributed by atoms with E-state index in [0.717, 1.165) is 19.4 Å². The van der Waals surface area contributed by atoms with E-state index >= 15 is 0 Å². The van der Waals surface area contributed by atoms with Gasteiger partial charge in [0.05, 0.1) is 12.5 Å². The number of methoxy groups -OCH3 is 1.